The normalized spacial score (nSPS) is 10.6. The van der Waals surface area contributed by atoms with Crippen molar-refractivity contribution in [3.63, 3.8) is 0 Å². The molecule has 128 valence electrons. The number of fused-ring (bicyclic) bond motifs is 1. The molecule has 0 unspecified atom stereocenters. The molecule has 0 aliphatic carbocycles. The molecule has 0 bridgehead atoms. The van der Waals surface area contributed by atoms with E-state index in [9.17, 15) is 14.7 Å². The average molecular weight is 358 g/mol. The predicted molar refractivity (Wildman–Crippen MR) is 95.3 cm³/mol. The minimum Gasteiger partial charge on any atom is -0.507 e. The number of carbonyl (C=O) groups is 2. The van der Waals surface area contributed by atoms with Gasteiger partial charge >= 0.3 is 0 Å². The van der Waals surface area contributed by atoms with Crippen LogP contribution in [0.3, 0.4) is 0 Å². The Labute approximate surface area is 149 Å². The molecule has 2 aromatic carbocycles. The number of hydrogen-bond acceptors (Lipinski definition) is 3. The van der Waals surface area contributed by atoms with E-state index in [2.05, 4.69) is 10.9 Å². The average Bonchev–Trinajstić information content (AvgIpc) is 2.91. The Hall–Kier alpha value is -2.99. The van der Waals surface area contributed by atoms with Crippen LogP contribution in [-0.4, -0.2) is 21.5 Å². The number of hydrazine groups is 1. The number of nitrogens with one attached hydrogen (secondary N) is 2. The number of hydrogen-bond donors (Lipinski definition) is 3. The third-order valence-corrected chi connectivity index (χ3v) is 4.08. The number of rotatable bonds is 3. The summed E-state index contributed by atoms with van der Waals surface area (Å²) < 4.78 is 1.94. The summed E-state index contributed by atoms with van der Waals surface area (Å²) in [7, 11) is 1.91. The van der Waals surface area contributed by atoms with Gasteiger partial charge in [0.05, 0.1) is 12.0 Å². The summed E-state index contributed by atoms with van der Waals surface area (Å²) in [6.07, 6.45) is 2.00. The fourth-order valence-electron chi connectivity index (χ4n) is 2.67. The molecule has 0 spiro atoms. The molecule has 0 atom stereocenters. The molecule has 1 heterocycles. The van der Waals surface area contributed by atoms with Crippen molar-refractivity contribution in [2.75, 3.05) is 0 Å². The lowest BCUT2D eigenvalue weighted by Gasteiger charge is -2.08. The highest BCUT2D eigenvalue weighted by Gasteiger charge is 2.14. The van der Waals surface area contributed by atoms with Crippen LogP contribution in [0.15, 0.2) is 48.7 Å². The van der Waals surface area contributed by atoms with E-state index in [1.165, 1.54) is 18.2 Å². The molecule has 0 aliphatic heterocycles. The van der Waals surface area contributed by atoms with Gasteiger partial charge in [0.15, 0.2) is 0 Å². The molecule has 3 N–H and O–H groups in total. The van der Waals surface area contributed by atoms with Crippen molar-refractivity contribution in [3.05, 3.63) is 64.8 Å². The zero-order valence-electron chi connectivity index (χ0n) is 13.4. The second-order valence-corrected chi connectivity index (χ2v) is 6.06. The standard InChI is InChI=1S/C18H16ClN3O3/c1-22-10-11(13-4-2-3-5-15(13)22)8-17(24)20-21-18(25)14-9-12(19)6-7-16(14)23/h2-7,9-10,23H,8H2,1H3,(H,20,24)(H,21,25). The van der Waals surface area contributed by atoms with Gasteiger partial charge in [-0.3, -0.25) is 20.4 Å². The maximum atomic E-state index is 12.1. The third kappa shape index (κ3) is 3.59. The van der Waals surface area contributed by atoms with E-state index in [-0.39, 0.29) is 23.6 Å². The zero-order chi connectivity index (χ0) is 18.0. The summed E-state index contributed by atoms with van der Waals surface area (Å²) in [5, 5.41) is 11.0. The molecule has 0 radical (unpaired) electrons. The summed E-state index contributed by atoms with van der Waals surface area (Å²) in [6.45, 7) is 0. The summed E-state index contributed by atoms with van der Waals surface area (Å²) in [5.74, 6) is -1.23. The molecule has 6 nitrogen and oxygen atoms in total. The van der Waals surface area contributed by atoms with Crippen molar-refractivity contribution in [1.29, 1.82) is 0 Å². The Balaban J connectivity index is 1.66. The van der Waals surface area contributed by atoms with E-state index in [0.717, 1.165) is 16.5 Å². The van der Waals surface area contributed by atoms with E-state index in [4.69, 9.17) is 11.6 Å². The molecule has 7 heteroatoms. The van der Waals surface area contributed by atoms with Crippen LogP contribution in [0, 0.1) is 0 Å². The van der Waals surface area contributed by atoms with Crippen LogP contribution < -0.4 is 10.9 Å². The van der Waals surface area contributed by atoms with Gasteiger partial charge in [0.2, 0.25) is 5.91 Å². The van der Waals surface area contributed by atoms with Crippen molar-refractivity contribution in [2.45, 2.75) is 6.42 Å². The minimum absolute atomic E-state index is 0.0158. The molecule has 0 fully saturated rings. The number of nitrogens with zero attached hydrogens (tertiary/aromatic N) is 1. The van der Waals surface area contributed by atoms with E-state index in [1.807, 2.05) is 42.1 Å². The van der Waals surface area contributed by atoms with Gasteiger partial charge < -0.3 is 9.67 Å². The van der Waals surface area contributed by atoms with E-state index >= 15 is 0 Å². The molecule has 0 aliphatic rings. The quantitative estimate of drug-likeness (QED) is 0.630. The fourth-order valence-corrected chi connectivity index (χ4v) is 2.84. The van der Waals surface area contributed by atoms with Crippen LogP contribution >= 0.6 is 11.6 Å². The third-order valence-electron chi connectivity index (χ3n) is 3.85. The molecule has 3 aromatic rings. The second-order valence-electron chi connectivity index (χ2n) is 5.62. The predicted octanol–water partition coefficient (Wildman–Crippen LogP) is 2.54. The lowest BCUT2D eigenvalue weighted by atomic mass is 10.1. The molecule has 2 amide bonds. The molecular weight excluding hydrogens is 342 g/mol. The van der Waals surface area contributed by atoms with E-state index < -0.39 is 5.91 Å². The number of aryl methyl sites for hydroxylation is 1. The van der Waals surface area contributed by atoms with Gasteiger partial charge in [0, 0.05) is 29.2 Å². The first-order valence-electron chi connectivity index (χ1n) is 7.56. The molecule has 3 rings (SSSR count). The van der Waals surface area contributed by atoms with Crippen LogP contribution in [-0.2, 0) is 18.3 Å². The Morgan fingerprint density at radius 2 is 1.92 bits per heavy atom. The number of phenols is 1. The topological polar surface area (TPSA) is 83.4 Å². The first-order valence-corrected chi connectivity index (χ1v) is 7.94. The SMILES string of the molecule is Cn1cc(CC(=O)NNC(=O)c2cc(Cl)ccc2O)c2ccccc21. The number of phenolic OH excluding ortho intramolecular Hbond substituents is 1. The largest absolute Gasteiger partial charge is 0.507 e. The molecule has 25 heavy (non-hydrogen) atoms. The first kappa shape index (κ1) is 16.9. The Kier molecular flexibility index (Phi) is 4.63. The Bertz CT molecular complexity index is 965. The van der Waals surface area contributed by atoms with Gasteiger partial charge in [-0.05, 0) is 29.8 Å². The summed E-state index contributed by atoms with van der Waals surface area (Å²) in [6, 6.07) is 11.9. The van der Waals surface area contributed by atoms with Gasteiger partial charge in [-0.1, -0.05) is 29.8 Å². The van der Waals surface area contributed by atoms with Crippen molar-refractivity contribution in [1.82, 2.24) is 15.4 Å². The Morgan fingerprint density at radius 3 is 2.72 bits per heavy atom. The summed E-state index contributed by atoms with van der Waals surface area (Å²) >= 11 is 5.81. The number of carbonyl (C=O) groups excluding carboxylic acids is 2. The number of amides is 2. The van der Waals surface area contributed by atoms with Gasteiger partial charge in [0.25, 0.3) is 5.91 Å². The monoisotopic (exact) mass is 357 g/mol. The zero-order valence-corrected chi connectivity index (χ0v) is 14.2. The van der Waals surface area contributed by atoms with Gasteiger partial charge in [0.1, 0.15) is 5.75 Å². The van der Waals surface area contributed by atoms with E-state index in [0.29, 0.717) is 5.02 Å². The van der Waals surface area contributed by atoms with E-state index in [1.54, 1.807) is 0 Å². The van der Waals surface area contributed by atoms with Gasteiger partial charge in [-0.2, -0.15) is 0 Å². The maximum Gasteiger partial charge on any atom is 0.273 e. The lowest BCUT2D eigenvalue weighted by molar-refractivity contribution is -0.121. The Morgan fingerprint density at radius 1 is 1.16 bits per heavy atom. The summed E-state index contributed by atoms with van der Waals surface area (Å²) in [4.78, 5) is 24.2. The van der Waals surface area contributed by atoms with Crippen molar-refractivity contribution in [2.24, 2.45) is 7.05 Å². The van der Waals surface area contributed by atoms with Crippen LogP contribution in [0.25, 0.3) is 10.9 Å². The first-order chi connectivity index (χ1) is 12.0. The van der Waals surface area contributed by atoms with Crippen LogP contribution in [0.1, 0.15) is 15.9 Å². The lowest BCUT2D eigenvalue weighted by Crippen LogP contribution is -2.42. The van der Waals surface area contributed by atoms with Crippen molar-refractivity contribution in [3.8, 4) is 5.75 Å². The number of aromatic nitrogens is 1. The molecular formula is C18H16ClN3O3. The highest BCUT2D eigenvalue weighted by atomic mass is 35.5. The minimum atomic E-state index is -0.647. The highest BCUT2D eigenvalue weighted by molar-refractivity contribution is 6.31. The van der Waals surface area contributed by atoms with Crippen LogP contribution in [0.5, 0.6) is 5.75 Å². The van der Waals surface area contributed by atoms with Crippen molar-refractivity contribution < 1.29 is 14.7 Å². The number of aromatic hydroxyl groups is 1. The second kappa shape index (κ2) is 6.86. The van der Waals surface area contributed by atoms with Crippen molar-refractivity contribution >= 4 is 34.3 Å². The fraction of sp³-hybridized carbons (Fsp3) is 0.111. The highest BCUT2D eigenvalue weighted by Crippen LogP contribution is 2.22. The summed E-state index contributed by atoms with van der Waals surface area (Å²) in [5.41, 5.74) is 6.49. The number of benzene rings is 2. The number of halogens is 1. The van der Waals surface area contributed by atoms with Gasteiger partial charge in [-0.25, -0.2) is 0 Å². The van der Waals surface area contributed by atoms with Crippen LogP contribution in [0.2, 0.25) is 5.02 Å². The number of para-hydroxylation sites is 1. The maximum absolute atomic E-state index is 12.1. The molecule has 1 aromatic heterocycles. The van der Waals surface area contributed by atoms with Gasteiger partial charge in [-0.15, -0.1) is 0 Å². The smallest absolute Gasteiger partial charge is 0.273 e. The van der Waals surface area contributed by atoms with Crippen LogP contribution in [0.4, 0.5) is 0 Å². The molecule has 0 saturated carbocycles. The molecule has 0 saturated heterocycles.